The van der Waals surface area contributed by atoms with Crippen molar-refractivity contribution in [3.63, 3.8) is 0 Å². The highest BCUT2D eigenvalue weighted by Crippen LogP contribution is 2.48. The molecule has 2 rings (SSSR count). The first kappa shape index (κ1) is 19.0. The molecule has 6 nitrogen and oxygen atoms in total. The van der Waals surface area contributed by atoms with Gasteiger partial charge in [-0.2, -0.15) is 0 Å². The molecule has 136 valence electrons. The highest BCUT2D eigenvalue weighted by atomic mass is 19.1. The molecule has 0 aliphatic heterocycles. The van der Waals surface area contributed by atoms with Gasteiger partial charge in [-0.15, -0.1) is 0 Å². The second-order valence-electron chi connectivity index (χ2n) is 7.37. The van der Waals surface area contributed by atoms with Crippen LogP contribution in [0, 0.1) is 21.3 Å². The molecule has 0 heterocycles. The summed E-state index contributed by atoms with van der Waals surface area (Å²) < 4.78 is 18.7. The summed E-state index contributed by atoms with van der Waals surface area (Å²) in [4.78, 5) is 36.3. The number of esters is 1. The number of hydrogen-bond donors (Lipinski definition) is 0. The third-order valence-electron chi connectivity index (χ3n) is 4.43. The third kappa shape index (κ3) is 4.03. The van der Waals surface area contributed by atoms with Gasteiger partial charge < -0.3 is 4.74 Å². The molecular weight excluding hydrogens is 329 g/mol. The summed E-state index contributed by atoms with van der Waals surface area (Å²) in [5, 5.41) is 11.2. The minimum atomic E-state index is -1.60. The molecule has 1 saturated carbocycles. The van der Waals surface area contributed by atoms with E-state index in [2.05, 4.69) is 0 Å². The monoisotopic (exact) mass is 351 g/mol. The van der Waals surface area contributed by atoms with Crippen LogP contribution in [0.1, 0.15) is 51.5 Å². The smallest absolute Gasteiger partial charge is 0.321 e. The Bertz CT molecular complexity index is 680. The van der Waals surface area contributed by atoms with Gasteiger partial charge in [0.2, 0.25) is 6.54 Å². The van der Waals surface area contributed by atoms with E-state index in [-0.39, 0.29) is 18.6 Å². The number of carbonyl (C=O) groups is 2. The topological polar surface area (TPSA) is 86.5 Å². The molecule has 1 aromatic carbocycles. The summed E-state index contributed by atoms with van der Waals surface area (Å²) in [6, 6.07) is 5.12. The molecule has 25 heavy (non-hydrogen) atoms. The maximum Gasteiger partial charge on any atom is 0.321 e. The summed E-state index contributed by atoms with van der Waals surface area (Å²) in [5.74, 6) is -2.57. The maximum absolute atomic E-state index is 13.3. The molecule has 2 unspecified atom stereocenters. The lowest BCUT2D eigenvalue weighted by Crippen LogP contribution is -2.47. The summed E-state index contributed by atoms with van der Waals surface area (Å²) in [6.07, 6.45) is 0.832. The van der Waals surface area contributed by atoms with Crippen molar-refractivity contribution in [2.75, 3.05) is 6.54 Å². The van der Waals surface area contributed by atoms with Crippen LogP contribution in [0.5, 0.6) is 0 Å². The van der Waals surface area contributed by atoms with Crippen molar-refractivity contribution in [2.24, 2.45) is 5.41 Å². The zero-order chi connectivity index (χ0) is 18.8. The predicted molar refractivity (Wildman–Crippen MR) is 88.1 cm³/mol. The average Bonchev–Trinajstić information content (AvgIpc) is 2.86. The Morgan fingerprint density at radius 3 is 2.40 bits per heavy atom. The van der Waals surface area contributed by atoms with Gasteiger partial charge in [-0.25, -0.2) is 4.39 Å². The van der Waals surface area contributed by atoms with Gasteiger partial charge >= 0.3 is 5.97 Å². The lowest BCUT2D eigenvalue weighted by molar-refractivity contribution is -0.485. The fraction of sp³-hybridized carbons (Fsp3) is 0.556. The average molecular weight is 351 g/mol. The summed E-state index contributed by atoms with van der Waals surface area (Å²) >= 11 is 0. The molecule has 0 radical (unpaired) electrons. The molecule has 7 heteroatoms. The van der Waals surface area contributed by atoms with Gasteiger partial charge in [0.25, 0.3) is 0 Å². The van der Waals surface area contributed by atoms with Crippen LogP contribution in [0.2, 0.25) is 0 Å². The quantitative estimate of drug-likeness (QED) is 0.352. The van der Waals surface area contributed by atoms with Gasteiger partial charge in [0.1, 0.15) is 16.8 Å². The van der Waals surface area contributed by atoms with Gasteiger partial charge in [-0.3, -0.25) is 19.7 Å². The van der Waals surface area contributed by atoms with E-state index in [9.17, 15) is 24.1 Å². The van der Waals surface area contributed by atoms with E-state index in [1.165, 1.54) is 24.3 Å². The van der Waals surface area contributed by atoms with E-state index in [0.29, 0.717) is 12.0 Å². The number of benzene rings is 1. The molecule has 1 aliphatic rings. The molecule has 1 aliphatic carbocycles. The van der Waals surface area contributed by atoms with Crippen LogP contribution in [0.4, 0.5) is 4.39 Å². The number of ketones is 1. The lowest BCUT2D eigenvalue weighted by atomic mass is 9.69. The minimum absolute atomic E-state index is 0.175. The van der Waals surface area contributed by atoms with Gasteiger partial charge in [-0.1, -0.05) is 12.1 Å². The fourth-order valence-corrected chi connectivity index (χ4v) is 3.38. The van der Waals surface area contributed by atoms with Crippen LogP contribution in [-0.2, 0) is 14.3 Å². The maximum atomic E-state index is 13.3. The molecule has 0 amide bonds. The number of nitro groups is 1. The van der Waals surface area contributed by atoms with Crippen molar-refractivity contribution in [3.8, 4) is 0 Å². The molecular formula is C18H22FNO5. The fourth-order valence-electron chi connectivity index (χ4n) is 3.38. The predicted octanol–water partition coefficient (Wildman–Crippen LogP) is 3.27. The van der Waals surface area contributed by atoms with Crippen LogP contribution >= 0.6 is 0 Å². The first-order chi connectivity index (χ1) is 11.6. The molecule has 0 N–H and O–H groups in total. The Balaban J connectivity index is 2.54. The van der Waals surface area contributed by atoms with Crippen molar-refractivity contribution in [2.45, 2.75) is 51.6 Å². The number of nitrogens with zero attached hydrogens (tertiary/aromatic N) is 1. The highest BCUT2D eigenvalue weighted by molar-refractivity contribution is 6.06. The summed E-state index contributed by atoms with van der Waals surface area (Å²) in [6.45, 7) is 4.44. The zero-order valence-electron chi connectivity index (χ0n) is 14.6. The molecule has 0 aromatic heterocycles. The van der Waals surface area contributed by atoms with E-state index in [4.69, 9.17) is 4.74 Å². The van der Waals surface area contributed by atoms with E-state index >= 15 is 0 Å². The van der Waals surface area contributed by atoms with Crippen molar-refractivity contribution in [1.29, 1.82) is 0 Å². The molecule has 2 atom stereocenters. The molecule has 0 spiro atoms. The Hall–Kier alpha value is -2.31. The number of Topliss-reactive ketones (excluding diaryl/α,β-unsaturated/α-hetero) is 1. The van der Waals surface area contributed by atoms with E-state index in [1.54, 1.807) is 20.8 Å². The van der Waals surface area contributed by atoms with Gasteiger partial charge in [0, 0.05) is 11.3 Å². The number of halogens is 1. The van der Waals surface area contributed by atoms with Crippen molar-refractivity contribution < 1.29 is 23.6 Å². The van der Waals surface area contributed by atoms with Crippen LogP contribution in [0.25, 0.3) is 0 Å². The largest absolute Gasteiger partial charge is 0.459 e. The Morgan fingerprint density at radius 1 is 1.36 bits per heavy atom. The number of hydrogen-bond acceptors (Lipinski definition) is 5. The summed E-state index contributed by atoms with van der Waals surface area (Å²) in [5.41, 5.74) is -2.04. The SMILES string of the molecule is CC(C)(C)OC(=O)C1(C(C[N+](=O)[O-])c2ccc(F)cc2)CCCC1=O. The van der Waals surface area contributed by atoms with E-state index < -0.39 is 40.2 Å². The van der Waals surface area contributed by atoms with E-state index in [1.807, 2.05) is 0 Å². The van der Waals surface area contributed by atoms with E-state index in [0.717, 1.165) is 0 Å². The minimum Gasteiger partial charge on any atom is -0.459 e. The Labute approximate surface area is 145 Å². The summed E-state index contributed by atoms with van der Waals surface area (Å²) in [7, 11) is 0. The number of carbonyl (C=O) groups excluding carboxylic acids is 2. The lowest BCUT2D eigenvalue weighted by Gasteiger charge is -2.34. The third-order valence-corrected chi connectivity index (χ3v) is 4.43. The first-order valence-corrected chi connectivity index (χ1v) is 8.20. The molecule has 1 aromatic rings. The van der Waals surface area contributed by atoms with Crippen molar-refractivity contribution in [3.05, 3.63) is 45.8 Å². The Morgan fingerprint density at radius 2 is 1.96 bits per heavy atom. The van der Waals surface area contributed by atoms with Gasteiger partial charge in [0.05, 0.1) is 5.92 Å². The van der Waals surface area contributed by atoms with Crippen LogP contribution in [-0.4, -0.2) is 28.8 Å². The van der Waals surface area contributed by atoms with Gasteiger partial charge in [0.15, 0.2) is 5.78 Å². The molecule has 0 bridgehead atoms. The highest BCUT2D eigenvalue weighted by Gasteiger charge is 2.58. The molecule has 1 fully saturated rings. The van der Waals surface area contributed by atoms with Crippen molar-refractivity contribution >= 4 is 11.8 Å². The number of rotatable bonds is 5. The zero-order valence-corrected chi connectivity index (χ0v) is 14.6. The standard InChI is InChI=1S/C18H22FNO5/c1-17(2,3)25-16(22)18(10-4-5-15(18)21)14(11-20(23)24)12-6-8-13(19)9-7-12/h6-9,14H,4-5,10-11H2,1-3H3. The molecule has 0 saturated heterocycles. The van der Waals surface area contributed by atoms with Crippen LogP contribution in [0.3, 0.4) is 0 Å². The second kappa shape index (κ2) is 6.90. The normalized spacial score (nSPS) is 21.8. The first-order valence-electron chi connectivity index (χ1n) is 8.20. The van der Waals surface area contributed by atoms with Crippen LogP contribution < -0.4 is 0 Å². The second-order valence-corrected chi connectivity index (χ2v) is 7.37. The Kier molecular flexibility index (Phi) is 5.25. The van der Waals surface area contributed by atoms with Gasteiger partial charge in [-0.05, 0) is 51.3 Å². The number of ether oxygens (including phenoxy) is 1. The van der Waals surface area contributed by atoms with Crippen molar-refractivity contribution in [1.82, 2.24) is 0 Å². The van der Waals surface area contributed by atoms with Crippen LogP contribution in [0.15, 0.2) is 24.3 Å².